The number of nitrogens with one attached hydrogen (secondary N) is 1. The molecule has 0 bridgehead atoms. The van der Waals surface area contributed by atoms with Crippen LogP contribution in [0.3, 0.4) is 0 Å². The summed E-state index contributed by atoms with van der Waals surface area (Å²) in [6.07, 6.45) is -3.12. The number of benzene rings is 1. The quantitative estimate of drug-likeness (QED) is 0.737. The first-order valence-electron chi connectivity index (χ1n) is 7.17. The lowest BCUT2D eigenvalue weighted by molar-refractivity contribution is 0.0154. The summed E-state index contributed by atoms with van der Waals surface area (Å²) in [6.45, 7) is 1.74. The lowest BCUT2D eigenvalue weighted by atomic mass is 10.1. The Morgan fingerprint density at radius 3 is 2.57 bits per heavy atom. The molecular weight excluding hydrogens is 298 g/mol. The normalized spacial score (nSPS) is 13.2. The average Bonchev–Trinajstić information content (AvgIpc) is 2.58. The summed E-state index contributed by atoms with van der Waals surface area (Å²) in [5.41, 5.74) is 1.80. The first-order valence-corrected chi connectivity index (χ1v) is 7.17. The second kappa shape index (κ2) is 8.21. The predicted molar refractivity (Wildman–Crippen MR) is 82.4 cm³/mol. The summed E-state index contributed by atoms with van der Waals surface area (Å²) >= 11 is 0. The molecule has 0 aliphatic carbocycles. The number of aliphatic hydroxyl groups is 2. The van der Waals surface area contributed by atoms with Gasteiger partial charge in [-0.1, -0.05) is 30.3 Å². The van der Waals surface area contributed by atoms with E-state index in [9.17, 15) is 15.0 Å². The minimum Gasteiger partial charge on any atom is -0.445 e. The standard InChI is InChI=1S/C16H19N3O4/c1-11-7-8-13(19-18-11)15(21)14(20)9-17-16(22)23-10-12-5-3-2-4-6-12/h2-8,14-15,20-21H,9-10H2,1H3,(H,17,22). The molecule has 0 fully saturated rings. The number of hydrogen-bond donors (Lipinski definition) is 3. The number of amides is 1. The fraction of sp³-hybridized carbons (Fsp3) is 0.312. The molecule has 0 aliphatic rings. The van der Waals surface area contributed by atoms with Gasteiger partial charge in [0.15, 0.2) is 0 Å². The van der Waals surface area contributed by atoms with Crippen molar-refractivity contribution in [1.29, 1.82) is 0 Å². The summed E-state index contributed by atoms with van der Waals surface area (Å²) in [5.74, 6) is 0. The molecule has 2 aromatic rings. The van der Waals surface area contributed by atoms with E-state index >= 15 is 0 Å². The zero-order valence-corrected chi connectivity index (χ0v) is 12.7. The highest BCUT2D eigenvalue weighted by molar-refractivity contribution is 5.67. The first kappa shape index (κ1) is 16.9. The molecule has 0 saturated heterocycles. The summed E-state index contributed by atoms with van der Waals surface area (Å²) in [6, 6.07) is 12.5. The maximum absolute atomic E-state index is 11.6. The van der Waals surface area contributed by atoms with Gasteiger partial charge in [-0.05, 0) is 24.6 Å². The minimum absolute atomic E-state index is 0.134. The Kier molecular flexibility index (Phi) is 6.02. The van der Waals surface area contributed by atoms with Crippen LogP contribution in [-0.4, -0.2) is 39.2 Å². The minimum atomic E-state index is -1.24. The van der Waals surface area contributed by atoms with E-state index in [4.69, 9.17) is 4.74 Å². The third kappa shape index (κ3) is 5.32. The lowest BCUT2D eigenvalue weighted by Crippen LogP contribution is -2.36. The molecule has 1 aromatic carbocycles. The van der Waals surface area contributed by atoms with Crippen LogP contribution in [0.5, 0.6) is 0 Å². The van der Waals surface area contributed by atoms with Crippen molar-refractivity contribution in [3.05, 3.63) is 59.4 Å². The van der Waals surface area contributed by atoms with Crippen molar-refractivity contribution in [3.63, 3.8) is 0 Å². The number of alkyl carbamates (subject to hydrolysis) is 1. The van der Waals surface area contributed by atoms with Crippen LogP contribution in [0, 0.1) is 6.92 Å². The van der Waals surface area contributed by atoms with Gasteiger partial charge in [-0.15, -0.1) is 0 Å². The van der Waals surface area contributed by atoms with E-state index in [1.165, 1.54) is 0 Å². The fourth-order valence-corrected chi connectivity index (χ4v) is 1.84. The molecule has 0 radical (unpaired) electrons. The fourth-order valence-electron chi connectivity index (χ4n) is 1.84. The topological polar surface area (TPSA) is 105 Å². The molecule has 7 heteroatoms. The van der Waals surface area contributed by atoms with Crippen LogP contribution >= 0.6 is 0 Å². The monoisotopic (exact) mass is 317 g/mol. The average molecular weight is 317 g/mol. The van der Waals surface area contributed by atoms with E-state index in [0.29, 0.717) is 5.69 Å². The molecule has 7 nitrogen and oxygen atoms in total. The van der Waals surface area contributed by atoms with Crippen LogP contribution in [0.15, 0.2) is 42.5 Å². The second-order valence-corrected chi connectivity index (χ2v) is 5.05. The van der Waals surface area contributed by atoms with Gasteiger partial charge in [-0.3, -0.25) is 0 Å². The van der Waals surface area contributed by atoms with Crippen molar-refractivity contribution >= 4 is 6.09 Å². The van der Waals surface area contributed by atoms with E-state index in [1.54, 1.807) is 19.1 Å². The van der Waals surface area contributed by atoms with Crippen molar-refractivity contribution in [2.45, 2.75) is 25.7 Å². The Morgan fingerprint density at radius 2 is 1.91 bits per heavy atom. The smallest absolute Gasteiger partial charge is 0.407 e. The molecule has 1 heterocycles. The van der Waals surface area contributed by atoms with Gasteiger partial charge >= 0.3 is 6.09 Å². The van der Waals surface area contributed by atoms with Gasteiger partial charge in [0.05, 0.1) is 11.4 Å². The van der Waals surface area contributed by atoms with Gasteiger partial charge in [0.1, 0.15) is 18.8 Å². The number of carbonyl (C=O) groups is 1. The number of nitrogens with zero attached hydrogens (tertiary/aromatic N) is 2. The molecule has 0 spiro atoms. The Labute approximate surface area is 133 Å². The van der Waals surface area contributed by atoms with Crippen molar-refractivity contribution < 1.29 is 19.7 Å². The van der Waals surface area contributed by atoms with Crippen LogP contribution in [0.1, 0.15) is 23.1 Å². The molecule has 1 amide bonds. The zero-order chi connectivity index (χ0) is 16.7. The van der Waals surface area contributed by atoms with Crippen LogP contribution in [-0.2, 0) is 11.3 Å². The number of aromatic nitrogens is 2. The van der Waals surface area contributed by atoms with E-state index in [-0.39, 0.29) is 18.8 Å². The highest BCUT2D eigenvalue weighted by Crippen LogP contribution is 2.13. The number of aliphatic hydroxyl groups excluding tert-OH is 2. The predicted octanol–water partition coefficient (Wildman–Crippen LogP) is 1.11. The van der Waals surface area contributed by atoms with Gasteiger partial charge in [-0.2, -0.15) is 10.2 Å². The summed E-state index contributed by atoms with van der Waals surface area (Å²) in [4.78, 5) is 11.6. The van der Waals surface area contributed by atoms with Crippen LogP contribution in [0.25, 0.3) is 0 Å². The number of carbonyl (C=O) groups excluding carboxylic acids is 1. The van der Waals surface area contributed by atoms with E-state index in [1.807, 2.05) is 30.3 Å². The summed E-state index contributed by atoms with van der Waals surface area (Å²) in [5, 5.41) is 29.8. The van der Waals surface area contributed by atoms with Crippen LogP contribution in [0.2, 0.25) is 0 Å². The van der Waals surface area contributed by atoms with E-state index in [0.717, 1.165) is 5.56 Å². The molecule has 2 rings (SSSR count). The number of hydrogen-bond acceptors (Lipinski definition) is 6. The summed E-state index contributed by atoms with van der Waals surface area (Å²) in [7, 11) is 0. The largest absolute Gasteiger partial charge is 0.445 e. The summed E-state index contributed by atoms with van der Waals surface area (Å²) < 4.78 is 5.01. The second-order valence-electron chi connectivity index (χ2n) is 5.05. The molecular formula is C16H19N3O4. The maximum atomic E-state index is 11.6. The van der Waals surface area contributed by atoms with Crippen molar-refractivity contribution in [2.24, 2.45) is 0 Å². The van der Waals surface area contributed by atoms with Gasteiger partial charge < -0.3 is 20.3 Å². The van der Waals surface area contributed by atoms with Crippen molar-refractivity contribution in [2.75, 3.05) is 6.54 Å². The molecule has 3 N–H and O–H groups in total. The number of rotatable bonds is 6. The lowest BCUT2D eigenvalue weighted by Gasteiger charge is -2.17. The highest BCUT2D eigenvalue weighted by atomic mass is 16.5. The molecule has 2 atom stereocenters. The van der Waals surface area contributed by atoms with Gasteiger partial charge in [0.25, 0.3) is 0 Å². The molecule has 0 saturated carbocycles. The Bertz CT molecular complexity index is 619. The highest BCUT2D eigenvalue weighted by Gasteiger charge is 2.21. The molecule has 2 unspecified atom stereocenters. The molecule has 0 aliphatic heterocycles. The third-order valence-electron chi connectivity index (χ3n) is 3.15. The van der Waals surface area contributed by atoms with Crippen molar-refractivity contribution in [3.8, 4) is 0 Å². The van der Waals surface area contributed by atoms with Crippen molar-refractivity contribution in [1.82, 2.24) is 15.5 Å². The SMILES string of the molecule is Cc1ccc(C(O)C(O)CNC(=O)OCc2ccccc2)nn1. The van der Waals surface area contributed by atoms with Gasteiger partial charge in [-0.25, -0.2) is 4.79 Å². The Balaban J connectivity index is 1.75. The zero-order valence-electron chi connectivity index (χ0n) is 12.7. The van der Waals surface area contributed by atoms with E-state index in [2.05, 4.69) is 15.5 Å². The molecule has 23 heavy (non-hydrogen) atoms. The number of aryl methyl sites for hydroxylation is 1. The first-order chi connectivity index (χ1) is 11.1. The Morgan fingerprint density at radius 1 is 1.17 bits per heavy atom. The third-order valence-corrected chi connectivity index (χ3v) is 3.15. The number of ether oxygens (including phenoxy) is 1. The Hall–Kier alpha value is -2.51. The van der Waals surface area contributed by atoms with E-state index < -0.39 is 18.3 Å². The van der Waals surface area contributed by atoms with Gasteiger partial charge in [0, 0.05) is 6.54 Å². The van der Waals surface area contributed by atoms with Gasteiger partial charge in [0.2, 0.25) is 0 Å². The van der Waals surface area contributed by atoms with Crippen LogP contribution < -0.4 is 5.32 Å². The maximum Gasteiger partial charge on any atom is 0.407 e. The molecule has 122 valence electrons. The molecule has 1 aromatic heterocycles. The van der Waals surface area contributed by atoms with Crippen LogP contribution in [0.4, 0.5) is 4.79 Å².